The first-order chi connectivity index (χ1) is 10.2. The van der Waals surface area contributed by atoms with E-state index in [1.807, 2.05) is 25.1 Å². The zero-order valence-electron chi connectivity index (χ0n) is 12.1. The maximum atomic E-state index is 6.00. The second-order valence-corrected chi connectivity index (χ2v) is 4.96. The molecule has 21 heavy (non-hydrogen) atoms. The smallest absolute Gasteiger partial charge is 0.244 e. The van der Waals surface area contributed by atoms with Crippen molar-refractivity contribution < 1.29 is 4.74 Å². The third-order valence-electron chi connectivity index (χ3n) is 2.83. The Kier molecular flexibility index (Phi) is 5.71. The van der Waals surface area contributed by atoms with Crippen molar-refractivity contribution in [1.29, 1.82) is 0 Å². The van der Waals surface area contributed by atoms with Crippen LogP contribution in [0, 0.1) is 6.92 Å². The van der Waals surface area contributed by atoms with Crippen LogP contribution >= 0.6 is 11.6 Å². The fourth-order valence-corrected chi connectivity index (χ4v) is 1.89. The van der Waals surface area contributed by atoms with Crippen molar-refractivity contribution in [3.05, 3.63) is 35.0 Å². The van der Waals surface area contributed by atoms with Crippen LogP contribution in [0.3, 0.4) is 0 Å². The average molecular weight is 308 g/mol. The lowest BCUT2D eigenvalue weighted by atomic mass is 10.2. The van der Waals surface area contributed by atoms with Gasteiger partial charge in [0.1, 0.15) is 0 Å². The summed E-state index contributed by atoms with van der Waals surface area (Å²) in [6, 6.07) is 5.65. The number of halogens is 1. The van der Waals surface area contributed by atoms with E-state index in [0.717, 1.165) is 24.2 Å². The number of nitrogens with one attached hydrogen (secondary N) is 2. The maximum Gasteiger partial charge on any atom is 0.244 e. The van der Waals surface area contributed by atoms with E-state index in [-0.39, 0.29) is 0 Å². The molecule has 0 amide bonds. The number of aryl methyl sites for hydroxylation is 1. The highest BCUT2D eigenvalue weighted by molar-refractivity contribution is 6.30. The van der Waals surface area contributed by atoms with E-state index in [0.29, 0.717) is 23.4 Å². The fourth-order valence-electron chi connectivity index (χ4n) is 1.72. The molecule has 2 N–H and O–H groups in total. The summed E-state index contributed by atoms with van der Waals surface area (Å²) in [5.74, 6) is 1.10. The molecule has 112 valence electrons. The van der Waals surface area contributed by atoms with Crippen molar-refractivity contribution in [2.75, 3.05) is 30.9 Å². The second kappa shape index (κ2) is 7.75. The summed E-state index contributed by atoms with van der Waals surface area (Å²) in [5, 5.41) is 14.8. The minimum atomic E-state index is 0.482. The molecule has 0 aliphatic carbocycles. The molecule has 0 radical (unpaired) electrons. The van der Waals surface area contributed by atoms with E-state index in [9.17, 15) is 0 Å². The van der Waals surface area contributed by atoms with Crippen molar-refractivity contribution >= 4 is 29.1 Å². The van der Waals surface area contributed by atoms with Gasteiger partial charge in [-0.1, -0.05) is 17.7 Å². The molecule has 0 aliphatic heterocycles. The van der Waals surface area contributed by atoms with Crippen LogP contribution < -0.4 is 10.6 Å². The van der Waals surface area contributed by atoms with Crippen molar-refractivity contribution in [3.8, 4) is 0 Å². The molecule has 0 atom stereocenters. The van der Waals surface area contributed by atoms with Gasteiger partial charge in [0.25, 0.3) is 0 Å². The Hall–Kier alpha value is -1.92. The highest BCUT2D eigenvalue weighted by Crippen LogP contribution is 2.23. The third-order valence-corrected chi connectivity index (χ3v) is 3.06. The summed E-state index contributed by atoms with van der Waals surface area (Å²) >= 11 is 6.00. The molecule has 2 aromatic rings. The number of methoxy groups -OCH3 is 1. The van der Waals surface area contributed by atoms with Crippen molar-refractivity contribution in [3.63, 3.8) is 0 Å². The van der Waals surface area contributed by atoms with Crippen LogP contribution in [0.2, 0.25) is 5.02 Å². The standard InChI is InChI=1S/C14H18ClN5O/c1-10-4-5-11(15)8-12(10)18-13-9-17-20-14(19-13)16-6-3-7-21-2/h4-5,8-9H,3,6-7H2,1-2H3,(H2,16,18,19,20). The van der Waals surface area contributed by atoms with E-state index < -0.39 is 0 Å². The number of ether oxygens (including phenoxy) is 1. The molecule has 0 bridgehead atoms. The number of anilines is 3. The van der Waals surface area contributed by atoms with Gasteiger partial charge in [0, 0.05) is 31.0 Å². The van der Waals surface area contributed by atoms with E-state index in [1.54, 1.807) is 13.3 Å². The molecule has 1 heterocycles. The monoisotopic (exact) mass is 307 g/mol. The van der Waals surface area contributed by atoms with Crippen LogP contribution in [0.25, 0.3) is 0 Å². The Morgan fingerprint density at radius 3 is 3.00 bits per heavy atom. The summed E-state index contributed by atoms with van der Waals surface area (Å²) in [6.45, 7) is 3.42. The topological polar surface area (TPSA) is 72.0 Å². The lowest BCUT2D eigenvalue weighted by molar-refractivity contribution is 0.197. The van der Waals surface area contributed by atoms with Gasteiger partial charge >= 0.3 is 0 Å². The van der Waals surface area contributed by atoms with E-state index in [2.05, 4.69) is 25.8 Å². The molecular weight excluding hydrogens is 290 g/mol. The molecule has 0 fully saturated rings. The average Bonchev–Trinajstić information content (AvgIpc) is 2.48. The minimum Gasteiger partial charge on any atom is -0.385 e. The lowest BCUT2D eigenvalue weighted by Gasteiger charge is -2.10. The maximum absolute atomic E-state index is 6.00. The fraction of sp³-hybridized carbons (Fsp3) is 0.357. The minimum absolute atomic E-state index is 0.482. The van der Waals surface area contributed by atoms with Gasteiger partial charge in [-0.05, 0) is 31.0 Å². The highest BCUT2D eigenvalue weighted by atomic mass is 35.5. The predicted octanol–water partition coefficient (Wildman–Crippen LogP) is 3.03. The molecule has 1 aromatic heterocycles. The molecule has 0 aliphatic rings. The van der Waals surface area contributed by atoms with Gasteiger partial charge < -0.3 is 15.4 Å². The molecule has 0 unspecified atom stereocenters. The lowest BCUT2D eigenvalue weighted by Crippen LogP contribution is -2.09. The summed E-state index contributed by atoms with van der Waals surface area (Å²) in [5.41, 5.74) is 1.97. The van der Waals surface area contributed by atoms with Gasteiger partial charge in [-0.3, -0.25) is 0 Å². The first-order valence-corrected chi connectivity index (χ1v) is 7.02. The molecule has 0 saturated heterocycles. The molecule has 0 saturated carbocycles. The van der Waals surface area contributed by atoms with Gasteiger partial charge in [-0.2, -0.15) is 10.1 Å². The van der Waals surface area contributed by atoms with Crippen LogP contribution in [0.15, 0.2) is 24.4 Å². The molecule has 7 heteroatoms. The van der Waals surface area contributed by atoms with Crippen molar-refractivity contribution in [1.82, 2.24) is 15.2 Å². The quantitative estimate of drug-likeness (QED) is 0.766. The Labute approximate surface area is 128 Å². The Morgan fingerprint density at radius 1 is 1.33 bits per heavy atom. The Balaban J connectivity index is 2.02. The molecule has 1 aromatic carbocycles. The van der Waals surface area contributed by atoms with E-state index in [4.69, 9.17) is 16.3 Å². The molecule has 6 nitrogen and oxygen atoms in total. The van der Waals surface area contributed by atoms with Gasteiger partial charge in [-0.25, -0.2) is 0 Å². The van der Waals surface area contributed by atoms with Gasteiger partial charge in [0.2, 0.25) is 5.95 Å². The highest BCUT2D eigenvalue weighted by Gasteiger charge is 2.04. The first-order valence-electron chi connectivity index (χ1n) is 6.65. The van der Waals surface area contributed by atoms with Gasteiger partial charge in [0.15, 0.2) is 5.82 Å². The predicted molar refractivity (Wildman–Crippen MR) is 84.3 cm³/mol. The Morgan fingerprint density at radius 2 is 2.19 bits per heavy atom. The largest absolute Gasteiger partial charge is 0.385 e. The van der Waals surface area contributed by atoms with Crippen molar-refractivity contribution in [2.45, 2.75) is 13.3 Å². The number of nitrogens with zero attached hydrogens (tertiary/aromatic N) is 3. The number of rotatable bonds is 7. The molecule has 0 spiro atoms. The molecule has 2 rings (SSSR count). The first kappa shape index (κ1) is 15.5. The zero-order chi connectivity index (χ0) is 15.1. The number of hydrogen-bond acceptors (Lipinski definition) is 6. The summed E-state index contributed by atoms with van der Waals surface area (Å²) in [7, 11) is 1.68. The van der Waals surface area contributed by atoms with Gasteiger partial charge in [-0.15, -0.1) is 5.10 Å². The normalized spacial score (nSPS) is 10.4. The van der Waals surface area contributed by atoms with Crippen LogP contribution in [0.5, 0.6) is 0 Å². The summed E-state index contributed by atoms with van der Waals surface area (Å²) < 4.78 is 4.99. The number of hydrogen-bond donors (Lipinski definition) is 2. The second-order valence-electron chi connectivity index (χ2n) is 4.52. The van der Waals surface area contributed by atoms with Crippen molar-refractivity contribution in [2.24, 2.45) is 0 Å². The summed E-state index contributed by atoms with van der Waals surface area (Å²) in [4.78, 5) is 4.36. The summed E-state index contributed by atoms with van der Waals surface area (Å²) in [6.07, 6.45) is 2.45. The van der Waals surface area contributed by atoms with Crippen LogP contribution in [-0.2, 0) is 4.74 Å². The Bertz CT molecular complexity index is 593. The number of benzene rings is 1. The SMILES string of the molecule is COCCCNc1nncc(Nc2cc(Cl)ccc2C)n1. The van der Waals surface area contributed by atoms with Crippen LogP contribution in [0.4, 0.5) is 17.5 Å². The van der Waals surface area contributed by atoms with Crippen LogP contribution in [0.1, 0.15) is 12.0 Å². The zero-order valence-corrected chi connectivity index (χ0v) is 12.8. The third kappa shape index (κ3) is 4.84. The van der Waals surface area contributed by atoms with E-state index in [1.165, 1.54) is 0 Å². The van der Waals surface area contributed by atoms with E-state index >= 15 is 0 Å². The molecular formula is C14H18ClN5O. The van der Waals surface area contributed by atoms with Crippen LogP contribution in [-0.4, -0.2) is 35.4 Å². The van der Waals surface area contributed by atoms with Gasteiger partial charge in [0.05, 0.1) is 6.20 Å². The number of aromatic nitrogens is 3.